The second-order valence-electron chi connectivity index (χ2n) is 7.41. The molecule has 0 aromatic heterocycles. The lowest BCUT2D eigenvalue weighted by atomic mass is 9.78. The monoisotopic (exact) mass is 266 g/mol. The van der Waals surface area contributed by atoms with Crippen LogP contribution in [-0.2, 0) is 0 Å². The molecule has 1 saturated heterocycles. The Labute approximate surface area is 120 Å². The van der Waals surface area contributed by atoms with Crippen LogP contribution >= 0.6 is 0 Å². The molecule has 2 unspecified atom stereocenters. The van der Waals surface area contributed by atoms with Crippen LogP contribution in [-0.4, -0.2) is 37.6 Å². The molecule has 0 bridgehead atoms. The molecular formula is C17H34N2. The molecule has 0 aromatic carbocycles. The molecule has 2 heteroatoms. The second kappa shape index (κ2) is 7.08. The smallest absolute Gasteiger partial charge is 0.00673 e. The van der Waals surface area contributed by atoms with Crippen molar-refractivity contribution < 1.29 is 0 Å². The van der Waals surface area contributed by atoms with Crippen LogP contribution in [0.2, 0.25) is 0 Å². The molecule has 0 spiro atoms. The highest BCUT2D eigenvalue weighted by molar-refractivity contribution is 4.89. The SMILES string of the molecule is CNCC1(CN2CC(C)CCC2C)CCCCCC1. The van der Waals surface area contributed by atoms with Gasteiger partial charge in [0.05, 0.1) is 0 Å². The van der Waals surface area contributed by atoms with E-state index in [1.807, 2.05) is 0 Å². The van der Waals surface area contributed by atoms with E-state index in [1.54, 1.807) is 0 Å². The van der Waals surface area contributed by atoms with Gasteiger partial charge in [0, 0.05) is 25.7 Å². The summed E-state index contributed by atoms with van der Waals surface area (Å²) in [6.45, 7) is 8.74. The van der Waals surface area contributed by atoms with Gasteiger partial charge in [-0.2, -0.15) is 0 Å². The minimum atomic E-state index is 0.552. The Hall–Kier alpha value is -0.0800. The van der Waals surface area contributed by atoms with E-state index in [-0.39, 0.29) is 0 Å². The molecule has 1 saturated carbocycles. The van der Waals surface area contributed by atoms with Gasteiger partial charge in [-0.25, -0.2) is 0 Å². The molecular weight excluding hydrogens is 232 g/mol. The van der Waals surface area contributed by atoms with Crippen LogP contribution < -0.4 is 5.32 Å². The molecule has 19 heavy (non-hydrogen) atoms. The molecule has 1 N–H and O–H groups in total. The summed E-state index contributed by atoms with van der Waals surface area (Å²) in [5.41, 5.74) is 0.552. The number of hydrogen-bond acceptors (Lipinski definition) is 2. The average Bonchev–Trinajstić information content (AvgIpc) is 2.60. The first kappa shape index (κ1) is 15.3. The minimum absolute atomic E-state index is 0.552. The van der Waals surface area contributed by atoms with E-state index < -0.39 is 0 Å². The van der Waals surface area contributed by atoms with Gasteiger partial charge in [0.15, 0.2) is 0 Å². The summed E-state index contributed by atoms with van der Waals surface area (Å²) >= 11 is 0. The van der Waals surface area contributed by atoms with E-state index in [0.29, 0.717) is 5.41 Å². The number of likely N-dealkylation sites (tertiary alicyclic amines) is 1. The maximum Gasteiger partial charge on any atom is 0.00673 e. The Balaban J connectivity index is 2.01. The van der Waals surface area contributed by atoms with Crippen molar-refractivity contribution in [3.8, 4) is 0 Å². The number of hydrogen-bond donors (Lipinski definition) is 1. The maximum atomic E-state index is 3.49. The van der Waals surface area contributed by atoms with Crippen molar-refractivity contribution in [1.82, 2.24) is 10.2 Å². The molecule has 1 aliphatic heterocycles. The Morgan fingerprint density at radius 3 is 2.37 bits per heavy atom. The molecule has 112 valence electrons. The highest BCUT2D eigenvalue weighted by Gasteiger charge is 2.35. The largest absolute Gasteiger partial charge is 0.319 e. The van der Waals surface area contributed by atoms with Gasteiger partial charge in [-0.05, 0) is 51.0 Å². The summed E-state index contributed by atoms with van der Waals surface area (Å²) in [5, 5.41) is 3.49. The van der Waals surface area contributed by atoms with Crippen molar-refractivity contribution in [3.63, 3.8) is 0 Å². The number of nitrogens with one attached hydrogen (secondary N) is 1. The van der Waals surface area contributed by atoms with Crippen molar-refractivity contribution in [2.45, 2.75) is 71.3 Å². The number of rotatable bonds is 4. The lowest BCUT2D eigenvalue weighted by Crippen LogP contribution is -2.49. The van der Waals surface area contributed by atoms with Crippen molar-refractivity contribution in [1.29, 1.82) is 0 Å². The lowest BCUT2D eigenvalue weighted by molar-refractivity contribution is 0.0578. The maximum absolute atomic E-state index is 3.49. The first-order valence-corrected chi connectivity index (χ1v) is 8.54. The van der Waals surface area contributed by atoms with Crippen molar-refractivity contribution in [2.75, 3.05) is 26.7 Å². The quantitative estimate of drug-likeness (QED) is 0.781. The van der Waals surface area contributed by atoms with Crippen LogP contribution in [0.1, 0.15) is 65.2 Å². The van der Waals surface area contributed by atoms with Gasteiger partial charge >= 0.3 is 0 Å². The molecule has 2 rings (SSSR count). The van der Waals surface area contributed by atoms with Gasteiger partial charge in [-0.15, -0.1) is 0 Å². The number of piperidine rings is 1. The Bertz CT molecular complexity index is 256. The van der Waals surface area contributed by atoms with E-state index in [0.717, 1.165) is 12.0 Å². The van der Waals surface area contributed by atoms with Gasteiger partial charge in [0.25, 0.3) is 0 Å². The molecule has 2 fully saturated rings. The predicted octanol–water partition coefficient (Wildman–Crippen LogP) is 3.67. The number of nitrogens with zero attached hydrogens (tertiary/aromatic N) is 1. The molecule has 0 radical (unpaired) electrons. The van der Waals surface area contributed by atoms with Crippen LogP contribution in [0.4, 0.5) is 0 Å². The minimum Gasteiger partial charge on any atom is -0.319 e. The third-order valence-corrected chi connectivity index (χ3v) is 5.50. The van der Waals surface area contributed by atoms with E-state index >= 15 is 0 Å². The zero-order valence-corrected chi connectivity index (χ0v) is 13.4. The summed E-state index contributed by atoms with van der Waals surface area (Å²) in [6.07, 6.45) is 11.5. The summed E-state index contributed by atoms with van der Waals surface area (Å²) in [7, 11) is 2.13. The van der Waals surface area contributed by atoms with E-state index in [1.165, 1.54) is 71.0 Å². The van der Waals surface area contributed by atoms with E-state index in [4.69, 9.17) is 0 Å². The topological polar surface area (TPSA) is 15.3 Å². The molecule has 0 aromatic rings. The van der Waals surface area contributed by atoms with Crippen LogP contribution in [0.3, 0.4) is 0 Å². The zero-order chi connectivity index (χ0) is 13.7. The molecule has 1 aliphatic carbocycles. The molecule has 1 heterocycles. The molecule has 2 atom stereocenters. The third-order valence-electron chi connectivity index (χ3n) is 5.50. The first-order valence-electron chi connectivity index (χ1n) is 8.54. The highest BCUT2D eigenvalue weighted by Crippen LogP contribution is 2.37. The summed E-state index contributed by atoms with van der Waals surface area (Å²) in [6, 6.07) is 0.799. The Morgan fingerprint density at radius 2 is 1.74 bits per heavy atom. The summed E-state index contributed by atoms with van der Waals surface area (Å²) < 4.78 is 0. The van der Waals surface area contributed by atoms with Gasteiger partial charge in [0.1, 0.15) is 0 Å². The second-order valence-corrected chi connectivity index (χ2v) is 7.41. The van der Waals surface area contributed by atoms with Crippen molar-refractivity contribution in [3.05, 3.63) is 0 Å². The molecule has 2 nitrogen and oxygen atoms in total. The van der Waals surface area contributed by atoms with Crippen LogP contribution in [0.15, 0.2) is 0 Å². The van der Waals surface area contributed by atoms with E-state index in [9.17, 15) is 0 Å². The van der Waals surface area contributed by atoms with Crippen LogP contribution in [0, 0.1) is 11.3 Å². The van der Waals surface area contributed by atoms with Gasteiger partial charge in [-0.3, -0.25) is 4.90 Å². The van der Waals surface area contributed by atoms with Gasteiger partial charge in [0.2, 0.25) is 0 Å². The van der Waals surface area contributed by atoms with Gasteiger partial charge in [-0.1, -0.05) is 32.6 Å². The van der Waals surface area contributed by atoms with Crippen LogP contribution in [0.5, 0.6) is 0 Å². The van der Waals surface area contributed by atoms with Gasteiger partial charge < -0.3 is 5.32 Å². The first-order chi connectivity index (χ1) is 9.15. The summed E-state index contributed by atoms with van der Waals surface area (Å²) in [4.78, 5) is 2.80. The fourth-order valence-corrected chi connectivity index (χ4v) is 4.28. The normalized spacial score (nSPS) is 33.0. The summed E-state index contributed by atoms with van der Waals surface area (Å²) in [5.74, 6) is 0.897. The highest BCUT2D eigenvalue weighted by atomic mass is 15.2. The van der Waals surface area contributed by atoms with E-state index in [2.05, 4.69) is 31.1 Å². The third kappa shape index (κ3) is 4.19. The molecule has 0 amide bonds. The fraction of sp³-hybridized carbons (Fsp3) is 1.00. The Morgan fingerprint density at radius 1 is 1.05 bits per heavy atom. The zero-order valence-electron chi connectivity index (χ0n) is 13.4. The van der Waals surface area contributed by atoms with Crippen LogP contribution in [0.25, 0.3) is 0 Å². The fourth-order valence-electron chi connectivity index (χ4n) is 4.28. The average molecular weight is 266 g/mol. The predicted molar refractivity (Wildman–Crippen MR) is 83.5 cm³/mol. The van der Waals surface area contributed by atoms with Crippen molar-refractivity contribution >= 4 is 0 Å². The van der Waals surface area contributed by atoms with Crippen molar-refractivity contribution in [2.24, 2.45) is 11.3 Å². The molecule has 2 aliphatic rings. The Kier molecular flexibility index (Phi) is 5.70. The lowest BCUT2D eigenvalue weighted by Gasteiger charge is -2.44. The standard InChI is InChI=1S/C17H34N2/c1-15-8-9-16(2)19(12-15)14-17(13-18-3)10-6-4-5-7-11-17/h15-16,18H,4-14H2,1-3H3.